The molecule has 0 atom stereocenters. The van der Waals surface area contributed by atoms with E-state index in [9.17, 15) is 9.59 Å². The van der Waals surface area contributed by atoms with Crippen molar-refractivity contribution in [1.29, 1.82) is 0 Å². The lowest BCUT2D eigenvalue weighted by Gasteiger charge is -2.24. The maximum Gasteiger partial charge on any atom is 0.423 e. The third-order valence-electron chi connectivity index (χ3n) is 5.48. The number of carbonyl (C=O) groups is 2. The van der Waals surface area contributed by atoms with Crippen LogP contribution >= 0.6 is 11.6 Å². The van der Waals surface area contributed by atoms with E-state index in [4.69, 9.17) is 29.9 Å². The average Bonchev–Trinajstić information content (AvgIpc) is 3.50. The minimum absolute atomic E-state index is 0.0866. The fraction of sp³-hybridized carbons (Fsp3) is 0.360. The van der Waals surface area contributed by atoms with Crippen molar-refractivity contribution in [3.05, 3.63) is 47.1 Å². The van der Waals surface area contributed by atoms with E-state index >= 15 is 0 Å². The lowest BCUT2D eigenvalue weighted by molar-refractivity contribution is 0.0563. The van der Waals surface area contributed by atoms with Gasteiger partial charge in [0, 0.05) is 36.6 Å². The summed E-state index contributed by atoms with van der Waals surface area (Å²) in [6.07, 6.45) is 1.84. The van der Waals surface area contributed by atoms with Gasteiger partial charge >= 0.3 is 6.09 Å². The first-order valence-corrected chi connectivity index (χ1v) is 12.2. The van der Waals surface area contributed by atoms with Gasteiger partial charge in [0.25, 0.3) is 11.9 Å². The van der Waals surface area contributed by atoms with Crippen molar-refractivity contribution in [3.63, 3.8) is 0 Å². The number of amides is 2. The molecule has 0 saturated carbocycles. The van der Waals surface area contributed by atoms with Crippen molar-refractivity contribution in [2.75, 3.05) is 36.1 Å². The number of rotatable bonds is 4. The maximum atomic E-state index is 13.8. The molecule has 0 spiro atoms. The molecule has 38 heavy (non-hydrogen) atoms. The molecule has 2 amide bonds. The minimum atomic E-state index is -0.962. The first-order chi connectivity index (χ1) is 18.1. The molecule has 1 saturated heterocycles. The zero-order valence-corrected chi connectivity index (χ0v) is 22.0. The molecule has 13 heteroatoms. The van der Waals surface area contributed by atoms with Crippen LogP contribution in [0.5, 0.6) is 0 Å². The first-order valence-electron chi connectivity index (χ1n) is 11.8. The number of morpholine rings is 1. The van der Waals surface area contributed by atoms with Gasteiger partial charge in [0.2, 0.25) is 11.5 Å². The molecular formula is C25H25ClN6O6. The molecule has 5 rings (SSSR count). The normalized spacial score (nSPS) is 14.1. The largest absolute Gasteiger partial charge is 0.443 e. The van der Waals surface area contributed by atoms with Gasteiger partial charge in [0.05, 0.1) is 18.8 Å². The standard InChI is InChI=1S/C25H25ClN6O6/c1-14-11-15(5-6-27-14)21-28-18(13-36-21)32(24(34)38-25(2,3)4)22(33)16-12-17-20(29-19(16)26)30-23(37-17)31-7-9-35-10-8-31/h5-6,11-13H,7-10H2,1-4H3. The number of pyridine rings is 2. The van der Waals surface area contributed by atoms with E-state index < -0.39 is 17.6 Å². The first kappa shape index (κ1) is 25.6. The predicted molar refractivity (Wildman–Crippen MR) is 137 cm³/mol. The Hall–Kier alpha value is -4.03. The van der Waals surface area contributed by atoms with E-state index in [-0.39, 0.29) is 33.7 Å². The molecule has 0 aliphatic carbocycles. The number of ether oxygens (including phenoxy) is 2. The highest BCUT2D eigenvalue weighted by atomic mass is 35.5. The van der Waals surface area contributed by atoms with Crippen molar-refractivity contribution < 1.29 is 27.9 Å². The quantitative estimate of drug-likeness (QED) is 0.334. The molecule has 4 aromatic rings. The van der Waals surface area contributed by atoms with Crippen molar-refractivity contribution in [1.82, 2.24) is 19.9 Å². The number of aryl methyl sites for hydroxylation is 1. The predicted octanol–water partition coefficient (Wildman–Crippen LogP) is 4.65. The van der Waals surface area contributed by atoms with E-state index in [1.165, 1.54) is 12.3 Å². The Morgan fingerprint density at radius 1 is 1.13 bits per heavy atom. The molecule has 5 heterocycles. The summed E-state index contributed by atoms with van der Waals surface area (Å²) in [6.45, 7) is 9.16. The maximum absolute atomic E-state index is 13.8. The van der Waals surface area contributed by atoms with Crippen LogP contribution < -0.4 is 9.80 Å². The summed E-state index contributed by atoms with van der Waals surface area (Å²) in [6, 6.07) is 5.20. The highest BCUT2D eigenvalue weighted by Gasteiger charge is 2.34. The Morgan fingerprint density at radius 3 is 2.61 bits per heavy atom. The zero-order valence-electron chi connectivity index (χ0n) is 21.2. The van der Waals surface area contributed by atoms with E-state index in [1.54, 1.807) is 39.1 Å². The molecule has 0 aromatic carbocycles. The van der Waals surface area contributed by atoms with Crippen molar-refractivity contribution in [3.8, 4) is 11.5 Å². The van der Waals surface area contributed by atoms with Crippen LogP contribution in [0.1, 0.15) is 36.8 Å². The summed E-state index contributed by atoms with van der Waals surface area (Å²) in [5, 5.41) is -0.161. The highest BCUT2D eigenvalue weighted by molar-refractivity contribution is 6.35. The Morgan fingerprint density at radius 2 is 1.89 bits per heavy atom. The van der Waals surface area contributed by atoms with Gasteiger partial charge in [-0.15, -0.1) is 0 Å². The number of hydrogen-bond acceptors (Lipinski definition) is 11. The van der Waals surface area contributed by atoms with Gasteiger partial charge in [0.1, 0.15) is 17.0 Å². The number of halogens is 1. The van der Waals surface area contributed by atoms with Crippen LogP contribution in [-0.4, -0.2) is 63.8 Å². The molecule has 0 N–H and O–H groups in total. The molecule has 4 aromatic heterocycles. The molecule has 0 unspecified atom stereocenters. The molecule has 1 fully saturated rings. The number of hydrogen-bond donors (Lipinski definition) is 0. The molecule has 1 aliphatic heterocycles. The van der Waals surface area contributed by atoms with Gasteiger partial charge in [-0.2, -0.15) is 14.9 Å². The Bertz CT molecular complexity index is 1500. The smallest absolute Gasteiger partial charge is 0.423 e. The number of fused-ring (bicyclic) bond motifs is 1. The van der Waals surface area contributed by atoms with Crippen molar-refractivity contribution >= 4 is 46.7 Å². The van der Waals surface area contributed by atoms with Gasteiger partial charge in [0.15, 0.2) is 11.4 Å². The number of anilines is 2. The van der Waals surface area contributed by atoms with Gasteiger partial charge in [-0.25, -0.2) is 9.78 Å². The zero-order chi connectivity index (χ0) is 27.0. The number of imide groups is 1. The van der Waals surface area contributed by atoms with E-state index in [0.717, 1.165) is 10.6 Å². The third-order valence-corrected chi connectivity index (χ3v) is 5.77. The summed E-state index contributed by atoms with van der Waals surface area (Å²) in [4.78, 5) is 46.8. The van der Waals surface area contributed by atoms with Crippen LogP contribution in [0.2, 0.25) is 5.15 Å². The number of oxazole rings is 2. The van der Waals surface area contributed by atoms with Crippen LogP contribution in [0.15, 0.2) is 39.5 Å². The van der Waals surface area contributed by atoms with Crippen LogP contribution in [0.25, 0.3) is 22.7 Å². The van der Waals surface area contributed by atoms with Gasteiger partial charge in [-0.3, -0.25) is 9.78 Å². The number of carbonyl (C=O) groups excluding carboxylic acids is 2. The van der Waals surface area contributed by atoms with E-state index in [0.29, 0.717) is 37.9 Å². The highest BCUT2D eigenvalue weighted by Crippen LogP contribution is 2.30. The monoisotopic (exact) mass is 540 g/mol. The molecule has 1 aliphatic rings. The SMILES string of the molecule is Cc1cc(-c2nc(N(C(=O)OC(C)(C)C)C(=O)c3cc4oc(N5CCOCC5)nc4nc3Cl)co2)ccn1. The second-order valence-electron chi connectivity index (χ2n) is 9.56. The molecular weight excluding hydrogens is 516 g/mol. The summed E-state index contributed by atoms with van der Waals surface area (Å²) in [5.41, 5.74) is 0.842. The second kappa shape index (κ2) is 10.0. The lowest BCUT2D eigenvalue weighted by Crippen LogP contribution is -2.41. The number of nitrogens with zero attached hydrogens (tertiary/aromatic N) is 6. The van der Waals surface area contributed by atoms with Crippen LogP contribution in [-0.2, 0) is 9.47 Å². The Balaban J connectivity index is 1.52. The molecule has 12 nitrogen and oxygen atoms in total. The van der Waals surface area contributed by atoms with Gasteiger partial charge in [-0.1, -0.05) is 11.6 Å². The molecule has 198 valence electrons. The average molecular weight is 541 g/mol. The lowest BCUT2D eigenvalue weighted by atomic mass is 10.2. The van der Waals surface area contributed by atoms with Crippen LogP contribution in [0.3, 0.4) is 0 Å². The summed E-state index contributed by atoms with van der Waals surface area (Å²) in [7, 11) is 0. The fourth-order valence-corrected chi connectivity index (χ4v) is 3.97. The number of aromatic nitrogens is 4. The van der Waals surface area contributed by atoms with E-state index in [2.05, 4.69) is 19.9 Å². The fourth-order valence-electron chi connectivity index (χ4n) is 3.76. The Labute approximate surface area is 222 Å². The van der Waals surface area contributed by atoms with Gasteiger partial charge in [-0.05, 0) is 39.8 Å². The second-order valence-corrected chi connectivity index (χ2v) is 9.92. The topological polar surface area (TPSA) is 137 Å². The van der Waals surface area contributed by atoms with Crippen LogP contribution in [0.4, 0.5) is 16.6 Å². The van der Waals surface area contributed by atoms with Crippen LogP contribution in [0, 0.1) is 6.92 Å². The summed E-state index contributed by atoms with van der Waals surface area (Å²) in [5.74, 6) is -0.720. The van der Waals surface area contributed by atoms with E-state index in [1.807, 2.05) is 11.8 Å². The molecule has 0 bridgehead atoms. The Kier molecular flexibility index (Phi) is 6.76. The molecule has 0 radical (unpaired) electrons. The minimum Gasteiger partial charge on any atom is -0.443 e. The van der Waals surface area contributed by atoms with Crippen molar-refractivity contribution in [2.45, 2.75) is 33.3 Å². The summed E-state index contributed by atoms with van der Waals surface area (Å²) >= 11 is 6.40. The summed E-state index contributed by atoms with van der Waals surface area (Å²) < 4.78 is 22.3. The third kappa shape index (κ3) is 5.31. The van der Waals surface area contributed by atoms with Crippen molar-refractivity contribution in [2.24, 2.45) is 0 Å². The van der Waals surface area contributed by atoms with Gasteiger partial charge < -0.3 is 23.2 Å².